The van der Waals surface area contributed by atoms with Crippen molar-refractivity contribution in [2.75, 3.05) is 10.6 Å². The van der Waals surface area contributed by atoms with Crippen molar-refractivity contribution in [1.29, 1.82) is 0 Å². The van der Waals surface area contributed by atoms with Gasteiger partial charge in [0.15, 0.2) is 5.82 Å². The number of nitrogens with zero attached hydrogens (tertiary/aromatic N) is 6. The number of carbonyl (C=O) groups excluding carboxylic acids is 1. The summed E-state index contributed by atoms with van der Waals surface area (Å²) in [4.78, 5) is 38.8. The first-order chi connectivity index (χ1) is 19.4. The summed E-state index contributed by atoms with van der Waals surface area (Å²) in [6, 6.07) is 9.08. The Balaban J connectivity index is 1.16. The van der Waals surface area contributed by atoms with Crippen LogP contribution in [-0.2, 0) is 21.4 Å². The van der Waals surface area contributed by atoms with Gasteiger partial charge in [0, 0.05) is 35.3 Å². The second-order valence-corrected chi connectivity index (χ2v) is 12.2. The molecule has 13 heteroatoms. The largest absolute Gasteiger partial charge is 0.351 e. The molecule has 208 valence electrons. The third-order valence-electron chi connectivity index (χ3n) is 7.33. The Morgan fingerprint density at radius 1 is 0.950 bits per heavy atom. The van der Waals surface area contributed by atoms with Gasteiger partial charge < -0.3 is 10.6 Å². The zero-order valence-electron chi connectivity index (χ0n) is 21.9. The van der Waals surface area contributed by atoms with Crippen LogP contribution in [0.5, 0.6) is 0 Å². The lowest BCUT2D eigenvalue weighted by atomic mass is 10.1. The summed E-state index contributed by atoms with van der Waals surface area (Å²) >= 11 is 0. The van der Waals surface area contributed by atoms with Crippen molar-refractivity contribution in [3.8, 4) is 0 Å². The van der Waals surface area contributed by atoms with Crippen LogP contribution in [0.3, 0.4) is 0 Å². The van der Waals surface area contributed by atoms with E-state index in [1.54, 1.807) is 12.3 Å². The minimum absolute atomic E-state index is 0.0217. The molecule has 0 spiro atoms. The van der Waals surface area contributed by atoms with E-state index in [0.29, 0.717) is 28.5 Å². The molecule has 3 aromatic heterocycles. The fourth-order valence-corrected chi connectivity index (χ4v) is 6.03. The van der Waals surface area contributed by atoms with E-state index in [9.17, 15) is 18.0 Å². The Morgan fingerprint density at radius 2 is 1.70 bits per heavy atom. The van der Waals surface area contributed by atoms with Crippen LogP contribution in [0.1, 0.15) is 63.1 Å². The van der Waals surface area contributed by atoms with Crippen molar-refractivity contribution in [3.63, 3.8) is 0 Å². The van der Waals surface area contributed by atoms with E-state index in [0.717, 1.165) is 42.6 Å². The van der Waals surface area contributed by atoms with Crippen molar-refractivity contribution in [1.82, 2.24) is 28.7 Å². The van der Waals surface area contributed by atoms with Crippen LogP contribution < -0.4 is 16.2 Å². The molecule has 2 aliphatic carbocycles. The number of benzene rings is 1. The maximum atomic E-state index is 12.9. The van der Waals surface area contributed by atoms with Gasteiger partial charge in [-0.25, -0.2) is 9.97 Å². The Morgan fingerprint density at radius 3 is 2.42 bits per heavy atom. The number of fused-ring (bicyclic) bond motifs is 1. The predicted molar refractivity (Wildman–Crippen MR) is 149 cm³/mol. The number of hydrogen-bond acceptors (Lipinski definition) is 9. The van der Waals surface area contributed by atoms with Gasteiger partial charge in [-0.3, -0.25) is 14.2 Å². The number of pyridine rings is 1. The summed E-state index contributed by atoms with van der Waals surface area (Å²) in [5.74, 6) is 0.757. The zero-order valence-corrected chi connectivity index (χ0v) is 22.7. The first kappa shape index (κ1) is 26.1. The number of aromatic nitrogens is 6. The summed E-state index contributed by atoms with van der Waals surface area (Å²) in [5, 5.41) is 10.9. The predicted octanol–water partition coefficient (Wildman–Crippen LogP) is 3.27. The van der Waals surface area contributed by atoms with Crippen molar-refractivity contribution in [2.24, 2.45) is 0 Å². The van der Waals surface area contributed by atoms with Crippen LogP contribution >= 0.6 is 0 Å². The molecule has 0 aliphatic heterocycles. The highest BCUT2D eigenvalue weighted by Gasteiger charge is 2.29. The topological polar surface area (TPSA) is 154 Å². The van der Waals surface area contributed by atoms with Crippen LogP contribution in [0, 0.1) is 0 Å². The molecule has 2 aliphatic rings. The molecule has 2 saturated carbocycles. The first-order valence-electron chi connectivity index (χ1n) is 13.6. The van der Waals surface area contributed by atoms with Crippen LogP contribution in [0.2, 0.25) is 0 Å². The SMILES string of the molecule is O=C(Cn1c(=O)ccc2cnc(NC3CCCCCC3)nc21)Nc1ccc(S(=O)(=O)n2cnc(C3CC3)n2)cc1. The summed E-state index contributed by atoms with van der Waals surface area (Å²) < 4.78 is 28.0. The van der Waals surface area contributed by atoms with Gasteiger partial charge in [0.05, 0.1) is 4.90 Å². The van der Waals surface area contributed by atoms with E-state index in [2.05, 4.69) is 30.7 Å². The van der Waals surface area contributed by atoms with Gasteiger partial charge in [0.1, 0.15) is 18.5 Å². The second kappa shape index (κ2) is 10.8. The fourth-order valence-electron chi connectivity index (χ4n) is 4.97. The molecule has 2 N–H and O–H groups in total. The molecule has 6 rings (SSSR count). The van der Waals surface area contributed by atoms with E-state index in [4.69, 9.17) is 0 Å². The van der Waals surface area contributed by atoms with Crippen molar-refractivity contribution >= 4 is 38.6 Å². The van der Waals surface area contributed by atoms with E-state index < -0.39 is 15.9 Å². The van der Waals surface area contributed by atoms with Crippen molar-refractivity contribution < 1.29 is 13.2 Å². The number of nitrogens with one attached hydrogen (secondary N) is 2. The lowest BCUT2D eigenvalue weighted by Gasteiger charge is -2.17. The monoisotopic (exact) mass is 562 g/mol. The van der Waals surface area contributed by atoms with E-state index >= 15 is 0 Å². The lowest BCUT2D eigenvalue weighted by molar-refractivity contribution is -0.116. The maximum Gasteiger partial charge on any atom is 0.284 e. The molecule has 0 saturated heterocycles. The third-order valence-corrected chi connectivity index (χ3v) is 8.86. The molecule has 3 heterocycles. The maximum absolute atomic E-state index is 12.9. The van der Waals surface area contributed by atoms with E-state index in [1.807, 2.05) is 0 Å². The quantitative estimate of drug-likeness (QED) is 0.308. The van der Waals surface area contributed by atoms with Crippen molar-refractivity contribution in [2.45, 2.75) is 74.8 Å². The summed E-state index contributed by atoms with van der Waals surface area (Å²) in [6.45, 7) is -0.265. The smallest absolute Gasteiger partial charge is 0.284 e. The second-order valence-electron chi connectivity index (χ2n) is 10.4. The molecule has 40 heavy (non-hydrogen) atoms. The van der Waals surface area contributed by atoms with Gasteiger partial charge >= 0.3 is 0 Å². The number of hydrogen-bond donors (Lipinski definition) is 2. The van der Waals surface area contributed by atoms with Gasteiger partial charge in [-0.1, -0.05) is 25.7 Å². The van der Waals surface area contributed by atoms with Crippen LogP contribution in [-0.4, -0.2) is 49.1 Å². The molecule has 0 unspecified atom stereocenters. The average molecular weight is 563 g/mol. The van der Waals surface area contributed by atoms with Crippen molar-refractivity contribution in [3.05, 3.63) is 65.1 Å². The van der Waals surface area contributed by atoms with Crippen LogP contribution in [0.4, 0.5) is 11.6 Å². The minimum atomic E-state index is -3.90. The summed E-state index contributed by atoms with van der Waals surface area (Å²) in [7, 11) is -3.90. The normalized spacial score (nSPS) is 16.5. The molecule has 12 nitrogen and oxygen atoms in total. The molecule has 1 aromatic carbocycles. The molecule has 0 atom stereocenters. The summed E-state index contributed by atoms with van der Waals surface area (Å²) in [6.07, 6.45) is 11.7. The minimum Gasteiger partial charge on any atom is -0.351 e. The molecule has 2 fully saturated rings. The van der Waals surface area contributed by atoms with Gasteiger partial charge in [0.2, 0.25) is 11.9 Å². The highest BCUT2D eigenvalue weighted by Crippen LogP contribution is 2.37. The molecular formula is C27H30N8O4S. The molecular weight excluding hydrogens is 532 g/mol. The first-order valence-corrected chi connectivity index (χ1v) is 15.0. The Labute approximate surface area is 230 Å². The third kappa shape index (κ3) is 5.60. The molecule has 0 bridgehead atoms. The van der Waals surface area contributed by atoms with E-state index in [-0.39, 0.29) is 29.0 Å². The summed E-state index contributed by atoms with van der Waals surface area (Å²) in [5.41, 5.74) is 0.398. The molecule has 0 radical (unpaired) electrons. The highest BCUT2D eigenvalue weighted by atomic mass is 32.2. The van der Waals surface area contributed by atoms with Gasteiger partial charge in [-0.2, -0.15) is 13.4 Å². The Kier molecular flexibility index (Phi) is 7.05. The van der Waals surface area contributed by atoms with Gasteiger partial charge in [-0.15, -0.1) is 9.19 Å². The van der Waals surface area contributed by atoms with E-state index in [1.165, 1.54) is 54.1 Å². The fraction of sp³-hybridized carbons (Fsp3) is 0.407. The Bertz CT molecular complexity index is 1700. The molecule has 4 aromatic rings. The average Bonchev–Trinajstić information content (AvgIpc) is 3.73. The number of rotatable bonds is 8. The number of carbonyl (C=O) groups is 1. The Hall–Kier alpha value is -4.13. The van der Waals surface area contributed by atoms with Crippen LogP contribution in [0.15, 0.2) is 58.6 Å². The van der Waals surface area contributed by atoms with Gasteiger partial charge in [0.25, 0.3) is 15.6 Å². The molecule has 1 amide bonds. The lowest BCUT2D eigenvalue weighted by Crippen LogP contribution is -2.28. The zero-order chi connectivity index (χ0) is 27.7. The standard InChI is InChI=1S/C27H30N8O4S/c36-23(30-21-10-12-22(13-11-21)40(38,39)35-17-29-25(33-35)18-7-8-18)16-34-24(37)14-9-19-15-28-27(32-26(19)34)31-20-5-3-1-2-4-6-20/h9-15,17-18,20H,1-8,16H2,(H,30,36)(H,28,31,32). The highest BCUT2D eigenvalue weighted by molar-refractivity contribution is 7.89. The number of amides is 1. The van der Waals surface area contributed by atoms with Gasteiger partial charge in [-0.05, 0) is 56.0 Å². The number of anilines is 2. The van der Waals surface area contributed by atoms with Crippen LogP contribution in [0.25, 0.3) is 11.0 Å².